The van der Waals surface area contributed by atoms with Gasteiger partial charge in [0.05, 0.1) is 5.56 Å². The molecule has 0 amide bonds. The Labute approximate surface area is 103 Å². The van der Waals surface area contributed by atoms with E-state index >= 15 is 0 Å². The van der Waals surface area contributed by atoms with E-state index in [4.69, 9.17) is 27.9 Å². The number of hydrogen-bond donors (Lipinski definition) is 2. The fraction of sp³-hybridized carbons (Fsp3) is 0.200. The van der Waals surface area contributed by atoms with Gasteiger partial charge >= 0.3 is 0 Å². The highest BCUT2D eigenvalue weighted by Gasteiger charge is 2.08. The first-order valence-electron chi connectivity index (χ1n) is 4.70. The lowest BCUT2D eigenvalue weighted by molar-refractivity contribution is 0.974. The second-order valence-corrected chi connectivity index (χ2v) is 3.36. The standard InChI is InChI=1S/C10H9ClN6/c1-2-8-6(10(11)17-16-8)5-15-9(4-13)7(14)3-12/h5H,2,14H2,1H3,(H,16,17)/b9-7-,15-5?. The zero-order chi connectivity index (χ0) is 12.8. The number of nitriles is 2. The fourth-order valence-corrected chi connectivity index (χ4v) is 1.31. The van der Waals surface area contributed by atoms with E-state index in [0.717, 1.165) is 5.69 Å². The predicted octanol–water partition coefficient (Wildman–Crippen LogP) is 1.26. The van der Waals surface area contributed by atoms with Crippen LogP contribution in [0.2, 0.25) is 5.15 Å². The smallest absolute Gasteiger partial charge is 0.174 e. The van der Waals surface area contributed by atoms with Crippen LogP contribution < -0.4 is 5.73 Å². The number of allylic oxidation sites excluding steroid dienone is 2. The van der Waals surface area contributed by atoms with Crippen LogP contribution in [0.1, 0.15) is 18.2 Å². The summed E-state index contributed by atoms with van der Waals surface area (Å²) < 4.78 is 0. The van der Waals surface area contributed by atoms with Crippen LogP contribution in [0.4, 0.5) is 0 Å². The average molecular weight is 249 g/mol. The van der Waals surface area contributed by atoms with Gasteiger partial charge in [0.25, 0.3) is 0 Å². The largest absolute Gasteiger partial charge is 0.388 e. The van der Waals surface area contributed by atoms with Crippen molar-refractivity contribution in [3.05, 3.63) is 27.8 Å². The first-order chi connectivity index (χ1) is 8.13. The van der Waals surface area contributed by atoms with Crippen molar-refractivity contribution in [1.29, 1.82) is 10.5 Å². The number of nitrogens with one attached hydrogen (secondary N) is 1. The maximum Gasteiger partial charge on any atom is 0.174 e. The van der Waals surface area contributed by atoms with E-state index in [1.165, 1.54) is 6.21 Å². The van der Waals surface area contributed by atoms with Crippen LogP contribution in [0, 0.1) is 22.7 Å². The Morgan fingerprint density at radius 3 is 2.82 bits per heavy atom. The number of rotatable bonds is 3. The van der Waals surface area contributed by atoms with Crippen LogP contribution in [-0.4, -0.2) is 16.4 Å². The van der Waals surface area contributed by atoms with Crippen molar-refractivity contribution in [3.63, 3.8) is 0 Å². The van der Waals surface area contributed by atoms with Crippen molar-refractivity contribution >= 4 is 17.8 Å². The Bertz CT molecular complexity index is 554. The highest BCUT2D eigenvalue weighted by molar-refractivity contribution is 6.32. The van der Waals surface area contributed by atoms with Crippen LogP contribution in [0.15, 0.2) is 16.4 Å². The van der Waals surface area contributed by atoms with E-state index in [-0.39, 0.29) is 16.5 Å². The van der Waals surface area contributed by atoms with E-state index in [1.807, 2.05) is 6.92 Å². The van der Waals surface area contributed by atoms with Gasteiger partial charge in [0.15, 0.2) is 10.9 Å². The molecule has 0 spiro atoms. The molecule has 1 rings (SSSR count). The third-order valence-corrected chi connectivity index (χ3v) is 2.28. The summed E-state index contributed by atoms with van der Waals surface area (Å²) in [6, 6.07) is 3.39. The van der Waals surface area contributed by atoms with E-state index in [2.05, 4.69) is 15.2 Å². The second-order valence-electron chi connectivity index (χ2n) is 3.00. The predicted molar refractivity (Wildman–Crippen MR) is 63.0 cm³/mol. The maximum atomic E-state index is 8.74. The summed E-state index contributed by atoms with van der Waals surface area (Å²) in [6.07, 6.45) is 2.06. The van der Waals surface area contributed by atoms with Gasteiger partial charge in [0.1, 0.15) is 17.8 Å². The third kappa shape index (κ3) is 2.83. The molecule has 0 bridgehead atoms. The van der Waals surface area contributed by atoms with E-state index in [0.29, 0.717) is 12.0 Å². The minimum Gasteiger partial charge on any atom is -0.388 e. The molecule has 0 radical (unpaired) electrons. The van der Waals surface area contributed by atoms with Gasteiger partial charge in [-0.3, -0.25) is 5.10 Å². The van der Waals surface area contributed by atoms with Crippen molar-refractivity contribution in [2.75, 3.05) is 0 Å². The second kappa shape index (κ2) is 5.69. The zero-order valence-electron chi connectivity index (χ0n) is 9.03. The number of aliphatic imine (C=N–C) groups is 1. The van der Waals surface area contributed by atoms with Gasteiger partial charge < -0.3 is 5.73 Å². The lowest BCUT2D eigenvalue weighted by atomic mass is 10.2. The molecule has 0 atom stereocenters. The Morgan fingerprint density at radius 1 is 1.59 bits per heavy atom. The highest BCUT2D eigenvalue weighted by Crippen LogP contribution is 2.15. The molecule has 0 aliphatic heterocycles. The zero-order valence-corrected chi connectivity index (χ0v) is 9.78. The normalized spacial score (nSPS) is 12.0. The molecular weight excluding hydrogens is 240 g/mol. The quantitative estimate of drug-likeness (QED) is 0.619. The van der Waals surface area contributed by atoms with Gasteiger partial charge in [0, 0.05) is 11.9 Å². The van der Waals surface area contributed by atoms with E-state index in [1.54, 1.807) is 12.1 Å². The molecule has 0 aliphatic rings. The van der Waals surface area contributed by atoms with Gasteiger partial charge in [-0.05, 0) is 6.42 Å². The number of aromatic nitrogens is 2. The molecule has 1 heterocycles. The number of nitrogens with zero attached hydrogens (tertiary/aromatic N) is 4. The summed E-state index contributed by atoms with van der Waals surface area (Å²) in [7, 11) is 0. The molecule has 0 aliphatic carbocycles. The number of hydrogen-bond acceptors (Lipinski definition) is 5. The summed E-state index contributed by atoms with van der Waals surface area (Å²) in [5.74, 6) is 0. The highest BCUT2D eigenvalue weighted by atomic mass is 35.5. The average Bonchev–Trinajstić information content (AvgIpc) is 2.70. The summed E-state index contributed by atoms with van der Waals surface area (Å²) in [4.78, 5) is 3.83. The Hall–Kier alpha value is -2.31. The first-order valence-corrected chi connectivity index (χ1v) is 5.08. The van der Waals surface area contributed by atoms with Gasteiger partial charge in [-0.2, -0.15) is 15.6 Å². The number of aryl methyl sites for hydroxylation is 1. The Morgan fingerprint density at radius 2 is 2.29 bits per heavy atom. The van der Waals surface area contributed by atoms with Crippen molar-refractivity contribution in [3.8, 4) is 12.1 Å². The molecular formula is C10H9ClN6. The molecule has 17 heavy (non-hydrogen) atoms. The third-order valence-electron chi connectivity index (χ3n) is 1.99. The van der Waals surface area contributed by atoms with Crippen molar-refractivity contribution < 1.29 is 0 Å². The molecule has 86 valence electrons. The Kier molecular flexibility index (Phi) is 4.27. The van der Waals surface area contributed by atoms with Crippen LogP contribution in [0.25, 0.3) is 0 Å². The topological polar surface area (TPSA) is 115 Å². The molecule has 0 saturated carbocycles. The van der Waals surface area contributed by atoms with Gasteiger partial charge in [-0.25, -0.2) is 4.99 Å². The van der Waals surface area contributed by atoms with E-state index < -0.39 is 0 Å². The minimum atomic E-state index is -0.235. The van der Waals surface area contributed by atoms with Crippen LogP contribution >= 0.6 is 11.6 Å². The van der Waals surface area contributed by atoms with Crippen LogP contribution in [-0.2, 0) is 6.42 Å². The number of nitrogens with two attached hydrogens (primary N) is 1. The molecule has 3 N–H and O–H groups in total. The van der Waals surface area contributed by atoms with Crippen molar-refractivity contribution in [2.45, 2.75) is 13.3 Å². The van der Waals surface area contributed by atoms with E-state index in [9.17, 15) is 0 Å². The summed E-state index contributed by atoms with van der Waals surface area (Å²) in [6.45, 7) is 1.92. The Balaban J connectivity index is 3.11. The van der Waals surface area contributed by atoms with Crippen LogP contribution in [0.3, 0.4) is 0 Å². The molecule has 6 nitrogen and oxygen atoms in total. The van der Waals surface area contributed by atoms with Crippen molar-refractivity contribution in [1.82, 2.24) is 10.2 Å². The summed E-state index contributed by atoms with van der Waals surface area (Å²) >= 11 is 5.83. The number of H-pyrrole nitrogens is 1. The van der Waals surface area contributed by atoms with Gasteiger partial charge in [-0.15, -0.1) is 0 Å². The minimum absolute atomic E-state index is 0.146. The molecule has 0 saturated heterocycles. The van der Waals surface area contributed by atoms with Gasteiger partial charge in [-0.1, -0.05) is 18.5 Å². The monoisotopic (exact) mass is 248 g/mol. The van der Waals surface area contributed by atoms with Crippen molar-refractivity contribution in [2.24, 2.45) is 10.7 Å². The first kappa shape index (κ1) is 12.8. The van der Waals surface area contributed by atoms with Crippen LogP contribution in [0.5, 0.6) is 0 Å². The number of aromatic amines is 1. The fourth-order valence-electron chi connectivity index (χ4n) is 1.10. The lowest BCUT2D eigenvalue weighted by Gasteiger charge is -1.93. The number of halogens is 1. The lowest BCUT2D eigenvalue weighted by Crippen LogP contribution is -1.98. The summed E-state index contributed by atoms with van der Waals surface area (Å²) in [5, 5.41) is 24.1. The molecule has 0 fully saturated rings. The van der Waals surface area contributed by atoms with Gasteiger partial charge in [0.2, 0.25) is 0 Å². The molecule has 1 aromatic rings. The summed E-state index contributed by atoms with van der Waals surface area (Å²) in [5.41, 5.74) is 6.31. The molecule has 7 heteroatoms. The molecule has 0 aromatic carbocycles. The molecule has 0 unspecified atom stereocenters. The SMILES string of the molecule is CCc1[nH]nc(Cl)c1C=N/C(C#N)=C(\N)C#N. The maximum absolute atomic E-state index is 8.74. The molecule has 1 aromatic heterocycles.